The molecule has 1 saturated heterocycles. The van der Waals surface area contributed by atoms with E-state index in [1.807, 2.05) is 89.8 Å². The number of alkyl carbamates (subject to hydrolysis) is 1. The zero-order valence-electron chi connectivity index (χ0n) is 32.0. The van der Waals surface area contributed by atoms with E-state index in [-0.39, 0.29) is 24.9 Å². The number of rotatable bonds is 13. The molecule has 0 saturated carbocycles. The number of piperidine rings is 1. The molecule has 0 spiro atoms. The van der Waals surface area contributed by atoms with Gasteiger partial charge in [-0.25, -0.2) is 9.78 Å². The number of benzene rings is 3. The molecule has 2 heterocycles. The smallest absolute Gasteiger partial charge is 0.408 e. The molecule has 4 amide bonds. The number of nitrogens with one attached hydrogen (secondary N) is 3. The molecule has 3 aromatic carbocycles. The molecule has 1 aliphatic heterocycles. The number of ether oxygens (including phenoxy) is 2. The Bertz CT molecular complexity index is 1860. The number of likely N-dealkylation sites (tertiary alicyclic amines) is 1. The second-order valence-electron chi connectivity index (χ2n) is 15.4. The van der Waals surface area contributed by atoms with Crippen LogP contribution < -0.4 is 16.0 Å². The van der Waals surface area contributed by atoms with Gasteiger partial charge in [-0.2, -0.15) is 0 Å². The van der Waals surface area contributed by atoms with Crippen LogP contribution in [0, 0.1) is 5.92 Å². The van der Waals surface area contributed by atoms with Crippen LogP contribution in [-0.4, -0.2) is 75.1 Å². The number of imidazole rings is 1. The highest BCUT2D eigenvalue weighted by molar-refractivity contribution is 5.98. The topological polar surface area (TPSA) is 144 Å². The number of aromatic nitrogens is 2. The molecule has 0 aliphatic carbocycles. The van der Waals surface area contributed by atoms with Crippen LogP contribution >= 0.6 is 0 Å². The van der Waals surface area contributed by atoms with Gasteiger partial charge >= 0.3 is 6.09 Å². The molecule has 12 heteroatoms. The summed E-state index contributed by atoms with van der Waals surface area (Å²) < 4.78 is 12.9. The molecule has 0 radical (unpaired) electrons. The van der Waals surface area contributed by atoms with Crippen LogP contribution in [0.25, 0.3) is 11.1 Å². The minimum atomic E-state index is -1.43. The van der Waals surface area contributed by atoms with E-state index in [1.54, 1.807) is 31.5 Å². The predicted molar refractivity (Wildman–Crippen MR) is 207 cm³/mol. The van der Waals surface area contributed by atoms with Crippen molar-refractivity contribution in [3.8, 4) is 11.1 Å². The summed E-state index contributed by atoms with van der Waals surface area (Å²) >= 11 is 0. The molecule has 286 valence electrons. The van der Waals surface area contributed by atoms with Crippen molar-refractivity contribution in [1.82, 2.24) is 25.1 Å². The van der Waals surface area contributed by atoms with Crippen LogP contribution in [-0.2, 0) is 30.5 Å². The number of anilines is 1. The number of nitrogens with zero attached hydrogens (tertiary/aromatic N) is 3. The van der Waals surface area contributed by atoms with E-state index in [0.29, 0.717) is 19.0 Å². The summed E-state index contributed by atoms with van der Waals surface area (Å²) in [5.74, 6) is -0.516. The molecular weight excluding hydrogens is 684 g/mol. The van der Waals surface area contributed by atoms with Crippen molar-refractivity contribution in [1.29, 1.82) is 0 Å². The van der Waals surface area contributed by atoms with E-state index in [2.05, 4.69) is 27.9 Å². The Balaban J connectivity index is 1.35. The van der Waals surface area contributed by atoms with Crippen LogP contribution in [0.15, 0.2) is 97.5 Å². The summed E-state index contributed by atoms with van der Waals surface area (Å²) in [7, 11) is 0. The maximum Gasteiger partial charge on any atom is 0.408 e. The first-order valence-corrected chi connectivity index (χ1v) is 18.4. The minimum Gasteiger partial charge on any atom is -0.444 e. The van der Waals surface area contributed by atoms with Crippen LogP contribution in [0.2, 0.25) is 0 Å². The molecule has 0 bridgehead atoms. The largest absolute Gasteiger partial charge is 0.444 e. The van der Waals surface area contributed by atoms with E-state index in [9.17, 15) is 19.2 Å². The summed E-state index contributed by atoms with van der Waals surface area (Å²) in [5, 5.41) is 8.10. The van der Waals surface area contributed by atoms with Crippen molar-refractivity contribution < 1.29 is 28.7 Å². The van der Waals surface area contributed by atoms with Gasteiger partial charge in [0.2, 0.25) is 11.8 Å². The van der Waals surface area contributed by atoms with Crippen molar-refractivity contribution in [2.45, 2.75) is 84.2 Å². The van der Waals surface area contributed by atoms with Gasteiger partial charge in [0, 0.05) is 19.3 Å². The van der Waals surface area contributed by atoms with Gasteiger partial charge in [-0.15, -0.1) is 0 Å². The normalized spacial score (nSPS) is 14.8. The third-order valence-electron chi connectivity index (χ3n) is 9.21. The lowest BCUT2D eigenvalue weighted by Crippen LogP contribution is -2.59. The van der Waals surface area contributed by atoms with Gasteiger partial charge in [-0.1, -0.05) is 91.9 Å². The first kappa shape index (κ1) is 39.7. The molecule has 4 aromatic rings. The Labute approximate surface area is 317 Å². The Hall–Kier alpha value is -5.49. The molecule has 1 fully saturated rings. The monoisotopic (exact) mass is 736 g/mol. The standard InChI is InChI=1S/C42H52N6O6/c1-29-21-23-47(24-22-29)38(50)36(33-19-17-32(18-20-33)31-15-11-8-12-16-31)48-25-35(43-28-48)45-37(49)34(27-53-26-30-13-9-7-10-14-30)44-39(51)42(5,6)46-40(52)54-41(2,3)4/h7-20,25,28-29,34,36H,21-24,26-27H2,1-6H3,(H,44,51)(H,45,49)(H,46,52). The van der Waals surface area contributed by atoms with Crippen molar-refractivity contribution in [2.24, 2.45) is 5.92 Å². The van der Waals surface area contributed by atoms with Gasteiger partial charge in [0.05, 0.1) is 19.5 Å². The summed E-state index contributed by atoms with van der Waals surface area (Å²) in [4.78, 5) is 60.4. The van der Waals surface area contributed by atoms with E-state index in [0.717, 1.165) is 35.1 Å². The van der Waals surface area contributed by atoms with Gasteiger partial charge in [-0.05, 0) is 75.6 Å². The molecule has 12 nitrogen and oxygen atoms in total. The van der Waals surface area contributed by atoms with Crippen molar-refractivity contribution in [2.75, 3.05) is 25.0 Å². The second-order valence-corrected chi connectivity index (χ2v) is 15.4. The second kappa shape index (κ2) is 17.6. The van der Waals surface area contributed by atoms with Crippen LogP contribution in [0.5, 0.6) is 0 Å². The highest BCUT2D eigenvalue weighted by atomic mass is 16.6. The fraction of sp³-hybridized carbons (Fsp3) is 0.405. The average molecular weight is 737 g/mol. The highest BCUT2D eigenvalue weighted by Gasteiger charge is 2.35. The van der Waals surface area contributed by atoms with E-state index in [1.165, 1.54) is 20.2 Å². The lowest BCUT2D eigenvalue weighted by atomic mass is 9.96. The third kappa shape index (κ3) is 11.0. The zero-order chi connectivity index (χ0) is 38.9. The van der Waals surface area contributed by atoms with E-state index < -0.39 is 41.1 Å². The molecule has 54 heavy (non-hydrogen) atoms. The Morgan fingerprint density at radius 2 is 1.46 bits per heavy atom. The maximum atomic E-state index is 14.2. The van der Waals surface area contributed by atoms with Crippen molar-refractivity contribution in [3.05, 3.63) is 109 Å². The van der Waals surface area contributed by atoms with Gasteiger partial charge < -0.3 is 34.9 Å². The minimum absolute atomic E-state index is 0.0520. The molecule has 1 aliphatic rings. The fourth-order valence-electron chi connectivity index (χ4n) is 6.09. The summed E-state index contributed by atoms with van der Waals surface area (Å²) in [6, 6.07) is 25.5. The van der Waals surface area contributed by atoms with Crippen molar-refractivity contribution in [3.63, 3.8) is 0 Å². The molecule has 5 rings (SSSR count). The van der Waals surface area contributed by atoms with Gasteiger partial charge in [0.1, 0.15) is 23.2 Å². The number of carbonyl (C=O) groups is 4. The molecule has 2 atom stereocenters. The van der Waals surface area contributed by atoms with Gasteiger partial charge in [0.25, 0.3) is 5.91 Å². The lowest BCUT2D eigenvalue weighted by molar-refractivity contribution is -0.135. The Morgan fingerprint density at radius 3 is 2.09 bits per heavy atom. The summed E-state index contributed by atoms with van der Waals surface area (Å²) in [6.45, 7) is 11.8. The number of carbonyl (C=O) groups excluding carboxylic acids is 4. The molecule has 1 aromatic heterocycles. The Morgan fingerprint density at radius 1 is 0.852 bits per heavy atom. The average Bonchev–Trinajstić information content (AvgIpc) is 3.59. The van der Waals surface area contributed by atoms with E-state index in [4.69, 9.17) is 9.47 Å². The van der Waals surface area contributed by atoms with Crippen LogP contribution in [0.3, 0.4) is 0 Å². The maximum absolute atomic E-state index is 14.2. The number of hydrogen-bond acceptors (Lipinski definition) is 7. The van der Waals surface area contributed by atoms with Crippen LogP contribution in [0.4, 0.5) is 10.6 Å². The fourth-order valence-corrected chi connectivity index (χ4v) is 6.09. The lowest BCUT2D eigenvalue weighted by Gasteiger charge is -2.33. The quantitative estimate of drug-likeness (QED) is 0.145. The molecule has 3 N–H and O–H groups in total. The first-order chi connectivity index (χ1) is 25.7. The zero-order valence-corrected chi connectivity index (χ0v) is 32.0. The third-order valence-corrected chi connectivity index (χ3v) is 9.21. The molecule has 2 unspecified atom stereocenters. The van der Waals surface area contributed by atoms with Crippen molar-refractivity contribution >= 4 is 29.6 Å². The first-order valence-electron chi connectivity index (χ1n) is 18.4. The number of hydrogen-bond donors (Lipinski definition) is 3. The summed E-state index contributed by atoms with van der Waals surface area (Å²) in [6.07, 6.45) is 4.24. The Kier molecular flexibility index (Phi) is 12.9. The summed E-state index contributed by atoms with van der Waals surface area (Å²) in [5.41, 5.74) is 1.58. The number of amides is 4. The predicted octanol–water partition coefficient (Wildman–Crippen LogP) is 6.34. The van der Waals surface area contributed by atoms with Gasteiger partial charge in [0.15, 0.2) is 5.82 Å². The van der Waals surface area contributed by atoms with Gasteiger partial charge in [-0.3, -0.25) is 14.4 Å². The molecular formula is C42H52N6O6. The SMILES string of the molecule is CC1CCN(C(=O)C(c2ccc(-c3ccccc3)cc2)n2cnc(NC(=O)C(COCc3ccccc3)NC(=O)C(C)(C)NC(=O)OC(C)(C)C)c2)CC1. The highest BCUT2D eigenvalue weighted by Crippen LogP contribution is 2.28. The van der Waals surface area contributed by atoms with Crippen LogP contribution in [0.1, 0.15) is 71.6 Å². The van der Waals surface area contributed by atoms with E-state index >= 15 is 0 Å².